The molecule has 0 amide bonds. The lowest BCUT2D eigenvalue weighted by molar-refractivity contribution is -0.144. The number of rotatable bonds is 4. The predicted octanol–water partition coefficient (Wildman–Crippen LogP) is 1.96. The molecule has 0 radical (unpaired) electrons. The monoisotopic (exact) mass is 368 g/mol. The first-order valence-electron chi connectivity index (χ1n) is 5.11. The van der Waals surface area contributed by atoms with E-state index in [0.717, 1.165) is 9.13 Å². The van der Waals surface area contributed by atoms with Gasteiger partial charge in [-0.25, -0.2) is 0 Å². The molecule has 1 atom stereocenters. The van der Waals surface area contributed by atoms with Crippen molar-refractivity contribution in [1.82, 2.24) is 0 Å². The summed E-state index contributed by atoms with van der Waals surface area (Å²) in [7, 11) is 0. The second-order valence-corrected chi connectivity index (χ2v) is 5.11. The molecule has 0 bridgehead atoms. The molecule has 0 aliphatic carbocycles. The molecule has 0 aliphatic rings. The number of esters is 1. The average molecular weight is 369 g/mol. The molecule has 1 aromatic carbocycles. The van der Waals surface area contributed by atoms with Crippen LogP contribution in [0.15, 0.2) is 12.1 Å². The molecule has 6 heteroatoms. The van der Waals surface area contributed by atoms with E-state index in [0.29, 0.717) is 23.7 Å². The highest BCUT2D eigenvalue weighted by atomic mass is 127. The van der Waals surface area contributed by atoms with Gasteiger partial charge in [0.25, 0.3) is 0 Å². The van der Waals surface area contributed by atoms with Gasteiger partial charge in [-0.05, 0) is 53.6 Å². The van der Waals surface area contributed by atoms with Crippen molar-refractivity contribution in [3.8, 4) is 0 Å². The third kappa shape index (κ3) is 4.01. The number of anilines is 1. The molecule has 0 saturated carbocycles. The van der Waals surface area contributed by atoms with Crippen molar-refractivity contribution in [2.75, 3.05) is 12.3 Å². The molecule has 0 fully saturated rings. The highest BCUT2D eigenvalue weighted by Crippen LogP contribution is 2.26. The van der Waals surface area contributed by atoms with Gasteiger partial charge in [0, 0.05) is 3.57 Å². The maximum absolute atomic E-state index is 11.4. The zero-order valence-electron chi connectivity index (χ0n) is 9.37. The van der Waals surface area contributed by atoms with Gasteiger partial charge >= 0.3 is 5.97 Å². The zero-order valence-corrected chi connectivity index (χ0v) is 12.3. The van der Waals surface area contributed by atoms with Gasteiger partial charge in [-0.1, -0.05) is 11.6 Å². The summed E-state index contributed by atoms with van der Waals surface area (Å²) >= 11 is 8.05. The van der Waals surface area contributed by atoms with E-state index < -0.39 is 12.0 Å². The van der Waals surface area contributed by atoms with Gasteiger partial charge < -0.3 is 16.2 Å². The number of hydrogen-bond acceptors (Lipinski definition) is 4. The minimum atomic E-state index is -0.676. The Morgan fingerprint density at radius 2 is 2.24 bits per heavy atom. The lowest BCUT2D eigenvalue weighted by Crippen LogP contribution is -2.34. The Labute approximate surface area is 119 Å². The first-order valence-corrected chi connectivity index (χ1v) is 6.57. The number of nitrogens with two attached hydrogens (primary N) is 2. The number of halogens is 2. The van der Waals surface area contributed by atoms with Gasteiger partial charge in [0.05, 0.1) is 17.3 Å². The summed E-state index contributed by atoms with van der Waals surface area (Å²) in [6.07, 6.45) is 0.384. The van der Waals surface area contributed by atoms with Gasteiger partial charge in [-0.3, -0.25) is 4.79 Å². The van der Waals surface area contributed by atoms with E-state index in [4.69, 9.17) is 27.8 Å². The van der Waals surface area contributed by atoms with Gasteiger partial charge in [-0.15, -0.1) is 0 Å². The zero-order chi connectivity index (χ0) is 13.0. The van der Waals surface area contributed by atoms with Crippen LogP contribution in [0.1, 0.15) is 12.5 Å². The van der Waals surface area contributed by atoms with Crippen LogP contribution in [-0.4, -0.2) is 18.6 Å². The number of ether oxygens (including phenoxy) is 1. The minimum absolute atomic E-state index is 0.326. The Morgan fingerprint density at radius 1 is 1.59 bits per heavy atom. The fourth-order valence-electron chi connectivity index (χ4n) is 1.34. The standard InChI is InChI=1S/C11H14ClIN2O2/c1-2-17-11(16)9(14)5-6-3-7(12)10(15)8(13)4-6/h3-4,9H,2,5,14-15H2,1H3. The molecular weight excluding hydrogens is 354 g/mol. The summed E-state index contributed by atoms with van der Waals surface area (Å²) in [5.41, 5.74) is 12.9. The largest absolute Gasteiger partial charge is 0.465 e. The summed E-state index contributed by atoms with van der Waals surface area (Å²) in [6.45, 7) is 2.07. The van der Waals surface area contributed by atoms with Gasteiger partial charge in [-0.2, -0.15) is 0 Å². The number of carbonyl (C=O) groups is 1. The van der Waals surface area contributed by atoms with Crippen molar-refractivity contribution in [3.05, 3.63) is 26.3 Å². The third-order valence-electron chi connectivity index (χ3n) is 2.18. The van der Waals surface area contributed by atoms with Crippen molar-refractivity contribution in [3.63, 3.8) is 0 Å². The Balaban J connectivity index is 2.78. The molecule has 17 heavy (non-hydrogen) atoms. The van der Waals surface area contributed by atoms with E-state index >= 15 is 0 Å². The number of benzene rings is 1. The first kappa shape index (κ1) is 14.5. The second-order valence-electron chi connectivity index (χ2n) is 3.54. The molecule has 0 heterocycles. The van der Waals surface area contributed by atoms with Crippen LogP contribution >= 0.6 is 34.2 Å². The summed E-state index contributed by atoms with van der Waals surface area (Å²) in [5, 5.41) is 0.475. The molecule has 1 unspecified atom stereocenters. The highest BCUT2D eigenvalue weighted by molar-refractivity contribution is 14.1. The topological polar surface area (TPSA) is 78.3 Å². The quantitative estimate of drug-likeness (QED) is 0.484. The molecule has 0 aliphatic heterocycles. The summed E-state index contributed by atoms with van der Waals surface area (Å²) in [5.74, 6) is -0.407. The van der Waals surface area contributed by atoms with E-state index in [-0.39, 0.29) is 0 Å². The van der Waals surface area contributed by atoms with Crippen LogP contribution in [0.2, 0.25) is 5.02 Å². The predicted molar refractivity (Wildman–Crippen MR) is 76.9 cm³/mol. The van der Waals surface area contributed by atoms with Crippen LogP contribution in [0.4, 0.5) is 5.69 Å². The smallest absolute Gasteiger partial charge is 0.323 e. The summed E-state index contributed by atoms with van der Waals surface area (Å²) in [6, 6.07) is 2.91. The van der Waals surface area contributed by atoms with Crippen molar-refractivity contribution < 1.29 is 9.53 Å². The van der Waals surface area contributed by atoms with Crippen LogP contribution in [0.5, 0.6) is 0 Å². The van der Waals surface area contributed by atoms with Crippen molar-refractivity contribution >= 4 is 45.8 Å². The normalized spacial score (nSPS) is 12.2. The summed E-state index contributed by atoms with van der Waals surface area (Å²) < 4.78 is 5.68. The van der Waals surface area contributed by atoms with Gasteiger partial charge in [0.1, 0.15) is 6.04 Å². The molecule has 1 rings (SSSR count). The molecule has 94 valence electrons. The maximum atomic E-state index is 11.4. The van der Waals surface area contributed by atoms with E-state index in [1.54, 1.807) is 13.0 Å². The van der Waals surface area contributed by atoms with Crippen LogP contribution in [0, 0.1) is 3.57 Å². The fraction of sp³-hybridized carbons (Fsp3) is 0.364. The Kier molecular flexibility index (Phi) is 5.48. The highest BCUT2D eigenvalue weighted by Gasteiger charge is 2.16. The molecule has 0 saturated heterocycles. The van der Waals surface area contributed by atoms with E-state index in [2.05, 4.69) is 22.6 Å². The maximum Gasteiger partial charge on any atom is 0.323 e. The molecule has 4 N–H and O–H groups in total. The van der Waals surface area contributed by atoms with Gasteiger partial charge in [0.2, 0.25) is 0 Å². The third-order valence-corrected chi connectivity index (χ3v) is 3.39. The molecule has 0 spiro atoms. The fourth-order valence-corrected chi connectivity index (χ4v) is 2.43. The molecule has 0 aromatic heterocycles. The van der Waals surface area contributed by atoms with Crippen LogP contribution in [0.25, 0.3) is 0 Å². The molecule has 1 aromatic rings. The number of hydrogen-bond donors (Lipinski definition) is 2. The first-order chi connectivity index (χ1) is 7.95. The molecular formula is C11H14ClIN2O2. The average Bonchev–Trinajstić information content (AvgIpc) is 2.26. The number of nitrogen functional groups attached to an aromatic ring is 1. The Hall–Kier alpha value is -0.530. The Bertz CT molecular complexity index is 403. The van der Waals surface area contributed by atoms with Crippen LogP contribution < -0.4 is 11.5 Å². The summed E-state index contributed by atoms with van der Waals surface area (Å²) in [4.78, 5) is 11.4. The van der Waals surface area contributed by atoms with Crippen LogP contribution in [0.3, 0.4) is 0 Å². The SMILES string of the molecule is CCOC(=O)C(N)Cc1cc(Cl)c(N)c(I)c1. The van der Waals surface area contributed by atoms with Gasteiger partial charge in [0.15, 0.2) is 0 Å². The second kappa shape index (κ2) is 6.42. The Morgan fingerprint density at radius 3 is 2.76 bits per heavy atom. The van der Waals surface area contributed by atoms with Crippen molar-refractivity contribution in [2.45, 2.75) is 19.4 Å². The van der Waals surface area contributed by atoms with E-state index in [9.17, 15) is 4.79 Å². The van der Waals surface area contributed by atoms with Crippen molar-refractivity contribution in [1.29, 1.82) is 0 Å². The van der Waals surface area contributed by atoms with Crippen molar-refractivity contribution in [2.24, 2.45) is 5.73 Å². The molecule has 4 nitrogen and oxygen atoms in total. The lowest BCUT2D eigenvalue weighted by Gasteiger charge is -2.12. The lowest BCUT2D eigenvalue weighted by atomic mass is 10.1. The van der Waals surface area contributed by atoms with E-state index in [1.807, 2.05) is 6.07 Å². The number of carbonyl (C=O) groups excluding carboxylic acids is 1. The van der Waals surface area contributed by atoms with E-state index in [1.165, 1.54) is 0 Å². The minimum Gasteiger partial charge on any atom is -0.465 e. The van der Waals surface area contributed by atoms with Crippen LogP contribution in [-0.2, 0) is 16.0 Å².